The molecular weight excluding hydrogens is 290 g/mol. The summed E-state index contributed by atoms with van der Waals surface area (Å²) < 4.78 is 26.8. The molecule has 1 fully saturated rings. The predicted octanol–water partition coefficient (Wildman–Crippen LogP) is 3.44. The van der Waals surface area contributed by atoms with Gasteiger partial charge in [-0.15, -0.1) is 0 Å². The Morgan fingerprint density at radius 2 is 1.95 bits per heavy atom. The van der Waals surface area contributed by atoms with Gasteiger partial charge in [0.1, 0.15) is 11.6 Å². The van der Waals surface area contributed by atoms with Gasteiger partial charge in [-0.2, -0.15) is 11.8 Å². The molecule has 2 nitrogen and oxygen atoms in total. The van der Waals surface area contributed by atoms with E-state index in [1.165, 1.54) is 30.1 Å². The number of rotatable bonds is 6. The van der Waals surface area contributed by atoms with Crippen LogP contribution in [-0.4, -0.2) is 42.6 Å². The molecule has 1 saturated heterocycles. The minimum absolute atomic E-state index is 0.0103. The molecular formula is C16H24F2N2S. The van der Waals surface area contributed by atoms with Crippen molar-refractivity contribution in [3.05, 3.63) is 35.4 Å². The fourth-order valence-corrected chi connectivity index (χ4v) is 3.67. The van der Waals surface area contributed by atoms with E-state index in [1.54, 1.807) is 0 Å². The molecule has 1 N–H and O–H groups in total. The summed E-state index contributed by atoms with van der Waals surface area (Å²) in [5, 5.41) is 3.34. The lowest BCUT2D eigenvalue weighted by Gasteiger charge is -2.24. The first kappa shape index (κ1) is 16.7. The summed E-state index contributed by atoms with van der Waals surface area (Å²) in [7, 11) is 0. The minimum atomic E-state index is -0.501. The predicted molar refractivity (Wildman–Crippen MR) is 85.8 cm³/mol. The highest BCUT2D eigenvalue weighted by molar-refractivity contribution is 7.99. The summed E-state index contributed by atoms with van der Waals surface area (Å²) in [6.07, 6.45) is 2.10. The first-order valence-corrected chi connectivity index (χ1v) is 8.84. The van der Waals surface area contributed by atoms with Crippen LogP contribution in [0.25, 0.3) is 0 Å². The van der Waals surface area contributed by atoms with Crippen LogP contribution in [0, 0.1) is 11.6 Å². The van der Waals surface area contributed by atoms with Crippen molar-refractivity contribution < 1.29 is 8.78 Å². The summed E-state index contributed by atoms with van der Waals surface area (Å²) in [5.41, 5.74) is 0.707. The maximum absolute atomic E-state index is 13.4. The Morgan fingerprint density at radius 1 is 1.19 bits per heavy atom. The van der Waals surface area contributed by atoms with Gasteiger partial charge in [0, 0.05) is 24.4 Å². The van der Waals surface area contributed by atoms with Crippen molar-refractivity contribution in [3.63, 3.8) is 0 Å². The van der Waals surface area contributed by atoms with Crippen molar-refractivity contribution >= 4 is 11.8 Å². The normalized spacial score (nSPS) is 18.4. The molecule has 0 aromatic heterocycles. The Morgan fingerprint density at radius 3 is 2.67 bits per heavy atom. The second kappa shape index (κ2) is 8.71. The van der Waals surface area contributed by atoms with Crippen LogP contribution in [0.15, 0.2) is 18.2 Å². The summed E-state index contributed by atoms with van der Waals surface area (Å²) in [6.45, 7) is 6.02. The van der Waals surface area contributed by atoms with Gasteiger partial charge in [0.2, 0.25) is 0 Å². The van der Waals surface area contributed by atoms with E-state index in [-0.39, 0.29) is 6.04 Å². The number of hydrogen-bond donors (Lipinski definition) is 1. The molecule has 2 rings (SSSR count). The molecule has 0 spiro atoms. The van der Waals surface area contributed by atoms with Gasteiger partial charge >= 0.3 is 0 Å². The summed E-state index contributed by atoms with van der Waals surface area (Å²) in [5.74, 6) is 1.42. The van der Waals surface area contributed by atoms with E-state index in [4.69, 9.17) is 0 Å². The molecule has 1 aliphatic heterocycles. The number of halogens is 2. The highest BCUT2D eigenvalue weighted by atomic mass is 32.2. The smallest absolute Gasteiger partial charge is 0.126 e. The summed E-state index contributed by atoms with van der Waals surface area (Å²) in [4.78, 5) is 2.46. The Kier molecular flexibility index (Phi) is 6.93. The van der Waals surface area contributed by atoms with Crippen LogP contribution in [0.1, 0.15) is 31.4 Å². The van der Waals surface area contributed by atoms with Crippen molar-refractivity contribution in [1.82, 2.24) is 10.2 Å². The highest BCUT2D eigenvalue weighted by Gasteiger charge is 2.15. The SMILES string of the molecule is CCNC(CCN1CCCSCC1)c1cc(F)cc(F)c1. The monoisotopic (exact) mass is 314 g/mol. The maximum atomic E-state index is 13.4. The fraction of sp³-hybridized carbons (Fsp3) is 0.625. The third-order valence-electron chi connectivity index (χ3n) is 3.79. The van der Waals surface area contributed by atoms with E-state index < -0.39 is 11.6 Å². The average molecular weight is 314 g/mol. The van der Waals surface area contributed by atoms with Crippen LogP contribution in [-0.2, 0) is 0 Å². The van der Waals surface area contributed by atoms with Gasteiger partial charge in [0.15, 0.2) is 0 Å². The molecule has 1 aromatic carbocycles. The van der Waals surface area contributed by atoms with Crippen LogP contribution in [0.2, 0.25) is 0 Å². The third-order valence-corrected chi connectivity index (χ3v) is 4.84. The molecule has 0 amide bonds. The maximum Gasteiger partial charge on any atom is 0.126 e. The Balaban J connectivity index is 1.97. The first-order chi connectivity index (χ1) is 10.2. The zero-order valence-corrected chi connectivity index (χ0v) is 13.4. The molecule has 0 radical (unpaired) electrons. The van der Waals surface area contributed by atoms with Gasteiger partial charge in [-0.3, -0.25) is 0 Å². The molecule has 1 aromatic rings. The molecule has 118 valence electrons. The zero-order chi connectivity index (χ0) is 15.1. The first-order valence-electron chi connectivity index (χ1n) is 7.68. The highest BCUT2D eigenvalue weighted by Crippen LogP contribution is 2.20. The number of benzene rings is 1. The molecule has 1 aliphatic rings. The topological polar surface area (TPSA) is 15.3 Å². The van der Waals surface area contributed by atoms with E-state index in [9.17, 15) is 8.78 Å². The van der Waals surface area contributed by atoms with Crippen LogP contribution in [0.4, 0.5) is 8.78 Å². The van der Waals surface area contributed by atoms with Crippen molar-refractivity contribution in [1.29, 1.82) is 0 Å². The van der Waals surface area contributed by atoms with E-state index in [2.05, 4.69) is 10.2 Å². The fourth-order valence-electron chi connectivity index (χ4n) is 2.74. The largest absolute Gasteiger partial charge is 0.310 e. The third kappa shape index (κ3) is 5.57. The van der Waals surface area contributed by atoms with Gasteiger partial charge in [-0.25, -0.2) is 8.78 Å². The standard InChI is InChI=1S/C16H24F2N2S/c1-2-19-16(13-10-14(17)12-15(18)11-13)4-6-20-5-3-8-21-9-7-20/h10-12,16,19H,2-9H2,1H3. The molecule has 0 bridgehead atoms. The lowest BCUT2D eigenvalue weighted by molar-refractivity contribution is 0.275. The molecule has 0 saturated carbocycles. The summed E-state index contributed by atoms with van der Waals surface area (Å²) in [6, 6.07) is 3.82. The van der Waals surface area contributed by atoms with Gasteiger partial charge in [0.25, 0.3) is 0 Å². The quantitative estimate of drug-likeness (QED) is 0.866. The van der Waals surface area contributed by atoms with Gasteiger partial charge in [-0.1, -0.05) is 6.92 Å². The van der Waals surface area contributed by atoms with Gasteiger partial charge < -0.3 is 10.2 Å². The van der Waals surface area contributed by atoms with Crippen molar-refractivity contribution in [2.45, 2.75) is 25.8 Å². The second-order valence-electron chi connectivity index (χ2n) is 5.41. The second-order valence-corrected chi connectivity index (χ2v) is 6.63. The zero-order valence-electron chi connectivity index (χ0n) is 12.6. The Bertz CT molecular complexity index is 414. The number of nitrogens with one attached hydrogen (secondary N) is 1. The Labute approximate surface area is 130 Å². The van der Waals surface area contributed by atoms with Crippen LogP contribution in [0.3, 0.4) is 0 Å². The molecule has 1 atom stereocenters. The lowest BCUT2D eigenvalue weighted by Crippen LogP contribution is -2.31. The molecule has 21 heavy (non-hydrogen) atoms. The molecule has 1 heterocycles. The van der Waals surface area contributed by atoms with Crippen LogP contribution >= 0.6 is 11.8 Å². The van der Waals surface area contributed by atoms with Gasteiger partial charge in [0.05, 0.1) is 0 Å². The molecule has 5 heteroatoms. The average Bonchev–Trinajstić information content (AvgIpc) is 2.71. The number of nitrogens with zero attached hydrogens (tertiary/aromatic N) is 1. The van der Waals surface area contributed by atoms with E-state index in [0.29, 0.717) is 5.56 Å². The molecule has 1 unspecified atom stereocenters. The van der Waals surface area contributed by atoms with E-state index >= 15 is 0 Å². The Hall–Kier alpha value is -0.650. The van der Waals surface area contributed by atoms with Crippen molar-refractivity contribution in [2.75, 3.05) is 37.7 Å². The number of hydrogen-bond acceptors (Lipinski definition) is 3. The van der Waals surface area contributed by atoms with Crippen LogP contribution < -0.4 is 5.32 Å². The van der Waals surface area contributed by atoms with Crippen molar-refractivity contribution in [2.24, 2.45) is 0 Å². The summed E-state index contributed by atoms with van der Waals surface area (Å²) >= 11 is 2.01. The van der Waals surface area contributed by atoms with E-state index in [0.717, 1.165) is 38.7 Å². The van der Waals surface area contributed by atoms with Crippen LogP contribution in [0.5, 0.6) is 0 Å². The van der Waals surface area contributed by atoms with Crippen molar-refractivity contribution in [3.8, 4) is 0 Å². The number of thioether (sulfide) groups is 1. The molecule has 0 aliphatic carbocycles. The van der Waals surface area contributed by atoms with E-state index in [1.807, 2.05) is 18.7 Å². The minimum Gasteiger partial charge on any atom is -0.310 e. The van der Waals surface area contributed by atoms with Gasteiger partial charge in [-0.05, 0) is 55.9 Å². The lowest BCUT2D eigenvalue weighted by atomic mass is 10.0.